The third-order valence-corrected chi connectivity index (χ3v) is 8.99. The van der Waals surface area contributed by atoms with Gasteiger partial charge in [0.15, 0.2) is 0 Å². The molecule has 4 fully saturated rings. The Morgan fingerprint density at radius 1 is 1.00 bits per heavy atom. The Morgan fingerprint density at radius 2 is 1.71 bits per heavy atom. The van der Waals surface area contributed by atoms with Crippen LogP contribution in [0.1, 0.15) is 72.6 Å². The van der Waals surface area contributed by atoms with Gasteiger partial charge in [-0.1, -0.05) is 13.5 Å². The molecule has 6 nitrogen and oxygen atoms in total. The Hall–Kier alpha value is -1.85. The zero-order valence-corrected chi connectivity index (χ0v) is 19.3. The first kappa shape index (κ1) is 22.3. The lowest BCUT2D eigenvalue weighted by Gasteiger charge is -2.63. The second-order valence-electron chi connectivity index (χ2n) is 10.7. The van der Waals surface area contributed by atoms with Gasteiger partial charge in [-0.2, -0.15) is 0 Å². The number of carbonyl (C=O) groups excluding carboxylic acids is 3. The molecule has 0 amide bonds. The van der Waals surface area contributed by atoms with Gasteiger partial charge >= 0.3 is 17.9 Å². The van der Waals surface area contributed by atoms with Gasteiger partial charge in [-0.25, -0.2) is 0 Å². The summed E-state index contributed by atoms with van der Waals surface area (Å²) < 4.78 is 17.1. The predicted molar refractivity (Wildman–Crippen MR) is 114 cm³/mol. The Labute approximate surface area is 185 Å². The van der Waals surface area contributed by atoms with Crippen LogP contribution < -0.4 is 0 Å². The Balaban J connectivity index is 1.69. The largest absolute Gasteiger partial charge is 0.466 e. The third-order valence-electron chi connectivity index (χ3n) is 8.99. The Bertz CT molecular complexity index is 789. The first-order chi connectivity index (χ1) is 14.6. The van der Waals surface area contributed by atoms with Crippen molar-refractivity contribution in [2.75, 3.05) is 6.61 Å². The number of esters is 3. The van der Waals surface area contributed by atoms with E-state index in [9.17, 15) is 14.4 Å². The molecule has 172 valence electrons. The quantitative estimate of drug-likeness (QED) is 0.376. The van der Waals surface area contributed by atoms with Gasteiger partial charge in [0.25, 0.3) is 0 Å². The molecule has 0 unspecified atom stereocenters. The van der Waals surface area contributed by atoms with Crippen molar-refractivity contribution in [2.45, 2.75) is 84.8 Å². The minimum Gasteiger partial charge on any atom is -0.466 e. The molecule has 6 heteroatoms. The monoisotopic (exact) mass is 432 g/mol. The first-order valence-corrected chi connectivity index (χ1v) is 11.7. The maximum absolute atomic E-state index is 12.0. The van der Waals surface area contributed by atoms with E-state index in [0.29, 0.717) is 24.4 Å². The predicted octanol–water partition coefficient (Wildman–Crippen LogP) is 4.21. The van der Waals surface area contributed by atoms with Crippen molar-refractivity contribution in [1.29, 1.82) is 0 Å². The fourth-order valence-corrected chi connectivity index (χ4v) is 8.19. The van der Waals surface area contributed by atoms with E-state index in [1.54, 1.807) is 0 Å². The minimum absolute atomic E-state index is 0.0740. The summed E-state index contributed by atoms with van der Waals surface area (Å²) in [4.78, 5) is 35.3. The van der Waals surface area contributed by atoms with Crippen LogP contribution in [-0.2, 0) is 28.6 Å². The van der Waals surface area contributed by atoms with Gasteiger partial charge in [0.2, 0.25) is 0 Å². The van der Waals surface area contributed by atoms with Gasteiger partial charge in [0, 0.05) is 26.2 Å². The lowest BCUT2D eigenvalue weighted by molar-refractivity contribution is -0.196. The molecule has 1 spiro atoms. The number of rotatable bonds is 4. The third kappa shape index (κ3) is 3.70. The van der Waals surface area contributed by atoms with Crippen molar-refractivity contribution in [3.63, 3.8) is 0 Å². The van der Waals surface area contributed by atoms with E-state index in [1.165, 1.54) is 20.8 Å². The topological polar surface area (TPSA) is 78.9 Å². The van der Waals surface area contributed by atoms with Gasteiger partial charge in [-0.3, -0.25) is 14.4 Å². The van der Waals surface area contributed by atoms with Crippen LogP contribution in [0.5, 0.6) is 0 Å². The smallest absolute Gasteiger partial charge is 0.303 e. The summed E-state index contributed by atoms with van der Waals surface area (Å²) in [7, 11) is 0. The molecule has 4 rings (SSSR count). The summed E-state index contributed by atoms with van der Waals surface area (Å²) in [6.45, 7) is 11.5. The molecule has 4 aliphatic rings. The molecule has 0 aromatic heterocycles. The van der Waals surface area contributed by atoms with Crippen LogP contribution in [0.2, 0.25) is 0 Å². The van der Waals surface area contributed by atoms with Crippen LogP contribution in [0, 0.1) is 34.5 Å². The second-order valence-corrected chi connectivity index (χ2v) is 10.7. The van der Waals surface area contributed by atoms with Gasteiger partial charge in [-0.05, 0) is 79.6 Å². The molecule has 0 aromatic carbocycles. The molecule has 4 saturated carbocycles. The van der Waals surface area contributed by atoms with Gasteiger partial charge in [0.1, 0.15) is 12.2 Å². The highest BCUT2D eigenvalue weighted by atomic mass is 16.5. The maximum atomic E-state index is 12.0. The normalized spacial score (nSPS) is 43.4. The molecule has 0 radical (unpaired) electrons. The minimum atomic E-state index is -0.272. The molecule has 0 N–H and O–H groups in total. The number of ether oxygens (including phenoxy) is 3. The summed E-state index contributed by atoms with van der Waals surface area (Å²) in [6, 6.07) is 0. The zero-order chi connectivity index (χ0) is 22.6. The average molecular weight is 433 g/mol. The summed E-state index contributed by atoms with van der Waals surface area (Å²) in [5.41, 5.74) is 0.930. The molecule has 4 aliphatic carbocycles. The number of hydrogen-bond donors (Lipinski definition) is 0. The first-order valence-electron chi connectivity index (χ1n) is 11.7. The summed E-state index contributed by atoms with van der Waals surface area (Å²) in [5.74, 6) is 0.553. The zero-order valence-electron chi connectivity index (χ0n) is 19.3. The Kier molecular flexibility index (Phi) is 5.72. The fraction of sp³-hybridized carbons (Fsp3) is 0.800. The van der Waals surface area contributed by atoms with E-state index < -0.39 is 0 Å². The lowest BCUT2D eigenvalue weighted by atomic mass is 9.43. The van der Waals surface area contributed by atoms with E-state index in [-0.39, 0.29) is 46.9 Å². The van der Waals surface area contributed by atoms with Crippen molar-refractivity contribution in [2.24, 2.45) is 34.5 Å². The lowest BCUT2D eigenvalue weighted by Crippen LogP contribution is -2.59. The van der Waals surface area contributed by atoms with Gasteiger partial charge < -0.3 is 14.2 Å². The van der Waals surface area contributed by atoms with Crippen molar-refractivity contribution in [3.8, 4) is 0 Å². The maximum Gasteiger partial charge on any atom is 0.303 e. The molecule has 31 heavy (non-hydrogen) atoms. The SMILES string of the molecule is C=C1[C@@H]2CC[C@H]3[C@]4(C)C[C@H](OC(C)=O)C[C@@H](COC(C)=O)[C@H]4CC[C@]3(C2)[C@H]1OC(C)=O. The van der Waals surface area contributed by atoms with Crippen LogP contribution in [0.25, 0.3) is 0 Å². The number of fused-ring (bicyclic) bond motifs is 3. The van der Waals surface area contributed by atoms with Crippen LogP contribution in [0.3, 0.4) is 0 Å². The van der Waals surface area contributed by atoms with Crippen molar-refractivity contribution < 1.29 is 28.6 Å². The van der Waals surface area contributed by atoms with Crippen LogP contribution in [-0.4, -0.2) is 36.7 Å². The van der Waals surface area contributed by atoms with E-state index in [1.807, 2.05) is 0 Å². The second kappa shape index (κ2) is 7.93. The average Bonchev–Trinajstić information content (AvgIpc) is 2.85. The standard InChI is InChI=1S/C25H36O6/c1-14-18-6-7-22-24(5)12-20(30-16(3)27)10-19(13-29-15(2)26)21(24)8-9-25(22,11-18)23(14)31-17(4)28/h18-23H,1,6-13H2,2-5H3/t18-,19+,20-,21-,22+,23+,24-,25-/m1/s1. The molecular weight excluding hydrogens is 396 g/mol. The Morgan fingerprint density at radius 3 is 2.35 bits per heavy atom. The molecule has 0 aliphatic heterocycles. The number of hydrogen-bond acceptors (Lipinski definition) is 6. The van der Waals surface area contributed by atoms with E-state index in [2.05, 4.69) is 13.5 Å². The van der Waals surface area contributed by atoms with Gasteiger partial charge in [0.05, 0.1) is 6.61 Å². The fourth-order valence-electron chi connectivity index (χ4n) is 8.19. The van der Waals surface area contributed by atoms with Crippen molar-refractivity contribution in [1.82, 2.24) is 0 Å². The molecule has 2 bridgehead atoms. The van der Waals surface area contributed by atoms with Crippen LogP contribution in [0.4, 0.5) is 0 Å². The van der Waals surface area contributed by atoms with Crippen molar-refractivity contribution >= 4 is 17.9 Å². The van der Waals surface area contributed by atoms with E-state index in [0.717, 1.165) is 50.5 Å². The summed E-state index contributed by atoms with van der Waals surface area (Å²) >= 11 is 0. The van der Waals surface area contributed by atoms with E-state index in [4.69, 9.17) is 14.2 Å². The van der Waals surface area contributed by atoms with Crippen molar-refractivity contribution in [3.05, 3.63) is 12.2 Å². The van der Waals surface area contributed by atoms with Crippen LogP contribution >= 0.6 is 0 Å². The van der Waals surface area contributed by atoms with Crippen LogP contribution in [0.15, 0.2) is 12.2 Å². The highest BCUT2D eigenvalue weighted by Gasteiger charge is 2.67. The molecule has 0 aromatic rings. The molecule has 8 atom stereocenters. The van der Waals surface area contributed by atoms with E-state index >= 15 is 0 Å². The highest BCUT2D eigenvalue weighted by Crippen LogP contribution is 2.71. The number of carbonyl (C=O) groups is 3. The van der Waals surface area contributed by atoms with Gasteiger partial charge in [-0.15, -0.1) is 0 Å². The molecular formula is C25H36O6. The highest BCUT2D eigenvalue weighted by molar-refractivity contribution is 5.67. The summed E-state index contributed by atoms with van der Waals surface area (Å²) in [6.07, 6.45) is 6.32. The molecule has 0 saturated heterocycles. The summed E-state index contributed by atoms with van der Waals surface area (Å²) in [5, 5.41) is 0. The molecule has 0 heterocycles.